The molecule has 3 rings (SSSR count). The van der Waals surface area contributed by atoms with Crippen LogP contribution < -0.4 is 25.5 Å². The Hall–Kier alpha value is -4.66. The molecule has 0 aliphatic carbocycles. The summed E-state index contributed by atoms with van der Waals surface area (Å²) < 4.78 is 11.2. The van der Waals surface area contributed by atoms with E-state index in [9.17, 15) is 14.4 Å². The number of nitrogens with one attached hydrogen (secondary N) is 3. The van der Waals surface area contributed by atoms with Crippen molar-refractivity contribution in [3.63, 3.8) is 0 Å². The monoisotopic (exact) mass is 488 g/mol. The lowest BCUT2D eigenvalue weighted by Crippen LogP contribution is -2.37. The number of hydrazone groups is 1. The molecular weight excluding hydrogens is 460 g/mol. The molecule has 36 heavy (non-hydrogen) atoms. The molecular formula is C27H28N4O5. The predicted molar refractivity (Wildman–Crippen MR) is 137 cm³/mol. The second kappa shape index (κ2) is 13.3. The molecule has 3 amide bonds. The van der Waals surface area contributed by atoms with Crippen molar-refractivity contribution >= 4 is 29.6 Å². The first-order chi connectivity index (χ1) is 17.4. The molecule has 0 saturated carbocycles. The number of hydrogen-bond donors (Lipinski definition) is 3. The van der Waals surface area contributed by atoms with Crippen LogP contribution in [0.2, 0.25) is 0 Å². The number of ether oxygens (including phenoxy) is 2. The molecule has 0 radical (unpaired) electrons. The Labute approximate surface area is 209 Å². The third kappa shape index (κ3) is 8.28. The third-order valence-electron chi connectivity index (χ3n) is 4.84. The maximum Gasteiger partial charge on any atom is 0.329 e. The number of hydrogen-bond acceptors (Lipinski definition) is 6. The predicted octanol–water partition coefficient (Wildman–Crippen LogP) is 3.18. The van der Waals surface area contributed by atoms with Gasteiger partial charge in [0.2, 0.25) is 0 Å². The summed E-state index contributed by atoms with van der Waals surface area (Å²) >= 11 is 0. The molecule has 3 aromatic rings. The lowest BCUT2D eigenvalue weighted by Gasteiger charge is -2.12. The second-order valence-electron chi connectivity index (χ2n) is 7.71. The first-order valence-corrected chi connectivity index (χ1v) is 11.4. The zero-order valence-corrected chi connectivity index (χ0v) is 20.1. The quantitative estimate of drug-likeness (QED) is 0.230. The van der Waals surface area contributed by atoms with Gasteiger partial charge in [0.05, 0.1) is 12.8 Å². The van der Waals surface area contributed by atoms with Crippen LogP contribution >= 0.6 is 0 Å². The van der Waals surface area contributed by atoms with Crippen molar-refractivity contribution < 1.29 is 23.9 Å². The summed E-state index contributed by atoms with van der Waals surface area (Å²) in [6.45, 7) is 4.21. The molecule has 0 fully saturated rings. The van der Waals surface area contributed by atoms with Crippen LogP contribution in [-0.4, -0.2) is 37.1 Å². The standard InChI is InChI=1S/C27H28N4O5/c1-3-35-24-15-21(17-29-31-27(34)26(33)28-16-20-7-5-4-6-8-20)11-14-23(24)36-18-25(32)30-22-12-9-19(2)10-13-22/h4-15,17H,3,16,18H2,1-2H3,(H,28,33)(H,30,32)(H,31,34)/b29-17-. The fraction of sp³-hybridized carbons (Fsp3) is 0.185. The van der Waals surface area contributed by atoms with E-state index in [1.54, 1.807) is 18.2 Å². The Kier molecular flexibility index (Phi) is 9.58. The van der Waals surface area contributed by atoms with E-state index < -0.39 is 11.8 Å². The number of amides is 3. The fourth-order valence-corrected chi connectivity index (χ4v) is 3.04. The summed E-state index contributed by atoms with van der Waals surface area (Å²) in [5.74, 6) is -1.18. The minimum atomic E-state index is -0.883. The minimum Gasteiger partial charge on any atom is -0.490 e. The van der Waals surface area contributed by atoms with Gasteiger partial charge < -0.3 is 20.1 Å². The van der Waals surface area contributed by atoms with Gasteiger partial charge in [-0.15, -0.1) is 0 Å². The van der Waals surface area contributed by atoms with E-state index in [1.807, 2.05) is 68.4 Å². The summed E-state index contributed by atoms with van der Waals surface area (Å²) in [4.78, 5) is 36.1. The van der Waals surface area contributed by atoms with E-state index in [2.05, 4.69) is 21.2 Å². The van der Waals surface area contributed by atoms with Crippen LogP contribution in [0, 0.1) is 6.92 Å². The average molecular weight is 489 g/mol. The molecule has 0 bridgehead atoms. The molecule has 0 aliphatic rings. The van der Waals surface area contributed by atoms with Crippen LogP contribution in [0.15, 0.2) is 77.9 Å². The summed E-state index contributed by atoms with van der Waals surface area (Å²) in [5, 5.41) is 9.13. The zero-order chi connectivity index (χ0) is 25.8. The van der Waals surface area contributed by atoms with Crippen molar-refractivity contribution in [3.8, 4) is 11.5 Å². The van der Waals surface area contributed by atoms with Gasteiger partial charge in [0.25, 0.3) is 5.91 Å². The maximum absolute atomic E-state index is 12.2. The van der Waals surface area contributed by atoms with Gasteiger partial charge in [-0.05, 0) is 55.3 Å². The van der Waals surface area contributed by atoms with Crippen LogP contribution in [0.3, 0.4) is 0 Å². The highest BCUT2D eigenvalue weighted by Gasteiger charge is 2.12. The molecule has 0 aliphatic heterocycles. The Balaban J connectivity index is 1.51. The maximum atomic E-state index is 12.2. The molecule has 0 unspecified atom stereocenters. The summed E-state index contributed by atoms with van der Waals surface area (Å²) in [7, 11) is 0. The van der Waals surface area contributed by atoms with Gasteiger partial charge in [0.15, 0.2) is 18.1 Å². The number of nitrogens with zero attached hydrogens (tertiary/aromatic N) is 1. The molecule has 186 valence electrons. The number of aryl methyl sites for hydroxylation is 1. The molecule has 0 heterocycles. The first-order valence-electron chi connectivity index (χ1n) is 11.4. The van der Waals surface area contributed by atoms with E-state index in [-0.39, 0.29) is 19.1 Å². The van der Waals surface area contributed by atoms with Gasteiger partial charge in [-0.25, -0.2) is 5.43 Å². The lowest BCUT2D eigenvalue weighted by molar-refractivity contribution is -0.139. The Bertz CT molecular complexity index is 1210. The van der Waals surface area contributed by atoms with Crippen molar-refractivity contribution in [1.29, 1.82) is 0 Å². The van der Waals surface area contributed by atoms with Crippen molar-refractivity contribution in [2.45, 2.75) is 20.4 Å². The number of anilines is 1. The topological polar surface area (TPSA) is 118 Å². The van der Waals surface area contributed by atoms with Gasteiger partial charge in [0, 0.05) is 12.2 Å². The average Bonchev–Trinajstić information content (AvgIpc) is 2.89. The number of carbonyl (C=O) groups is 3. The zero-order valence-electron chi connectivity index (χ0n) is 20.1. The normalized spacial score (nSPS) is 10.5. The van der Waals surface area contributed by atoms with Gasteiger partial charge >= 0.3 is 11.8 Å². The molecule has 3 aromatic carbocycles. The number of rotatable bonds is 10. The molecule has 9 nitrogen and oxygen atoms in total. The van der Waals surface area contributed by atoms with Crippen LogP contribution in [-0.2, 0) is 20.9 Å². The number of benzene rings is 3. The first kappa shape index (κ1) is 26.0. The van der Waals surface area contributed by atoms with E-state index in [1.165, 1.54) is 6.21 Å². The van der Waals surface area contributed by atoms with Gasteiger partial charge in [0.1, 0.15) is 0 Å². The van der Waals surface area contributed by atoms with Crippen molar-refractivity contribution in [2.24, 2.45) is 5.10 Å². The molecule has 0 saturated heterocycles. The molecule has 0 spiro atoms. The van der Waals surface area contributed by atoms with Gasteiger partial charge in [-0.1, -0.05) is 48.0 Å². The molecule has 0 atom stereocenters. The van der Waals surface area contributed by atoms with Gasteiger partial charge in [-0.3, -0.25) is 14.4 Å². The molecule has 0 aromatic heterocycles. The molecule has 3 N–H and O–H groups in total. The lowest BCUT2D eigenvalue weighted by atomic mass is 10.2. The summed E-state index contributed by atoms with van der Waals surface area (Å²) in [6.07, 6.45) is 1.37. The van der Waals surface area contributed by atoms with Crippen LogP contribution in [0.4, 0.5) is 5.69 Å². The number of carbonyl (C=O) groups excluding carboxylic acids is 3. The Morgan fingerprint density at radius 3 is 2.36 bits per heavy atom. The van der Waals surface area contributed by atoms with Crippen molar-refractivity contribution in [2.75, 3.05) is 18.5 Å². The van der Waals surface area contributed by atoms with E-state index >= 15 is 0 Å². The summed E-state index contributed by atoms with van der Waals surface area (Å²) in [6, 6.07) is 21.7. The SMILES string of the molecule is CCOc1cc(/C=N\NC(=O)C(=O)NCc2ccccc2)ccc1OCC(=O)Nc1ccc(C)cc1. The van der Waals surface area contributed by atoms with Crippen LogP contribution in [0.1, 0.15) is 23.6 Å². The van der Waals surface area contributed by atoms with Crippen molar-refractivity contribution in [3.05, 3.63) is 89.5 Å². The Morgan fingerprint density at radius 1 is 0.889 bits per heavy atom. The smallest absolute Gasteiger partial charge is 0.329 e. The summed E-state index contributed by atoms with van der Waals surface area (Å²) in [5.41, 5.74) is 5.45. The third-order valence-corrected chi connectivity index (χ3v) is 4.84. The van der Waals surface area contributed by atoms with E-state index in [4.69, 9.17) is 9.47 Å². The second-order valence-corrected chi connectivity index (χ2v) is 7.71. The highest BCUT2D eigenvalue weighted by Crippen LogP contribution is 2.28. The van der Waals surface area contributed by atoms with Crippen molar-refractivity contribution in [1.82, 2.24) is 10.7 Å². The van der Waals surface area contributed by atoms with Crippen LogP contribution in [0.5, 0.6) is 11.5 Å². The fourth-order valence-electron chi connectivity index (χ4n) is 3.04. The minimum absolute atomic E-state index is 0.199. The molecule has 9 heteroatoms. The Morgan fingerprint density at radius 2 is 1.64 bits per heavy atom. The highest BCUT2D eigenvalue weighted by molar-refractivity contribution is 6.35. The van der Waals surface area contributed by atoms with E-state index in [0.717, 1.165) is 11.1 Å². The largest absolute Gasteiger partial charge is 0.490 e. The van der Waals surface area contributed by atoms with E-state index in [0.29, 0.717) is 29.4 Å². The van der Waals surface area contributed by atoms with Gasteiger partial charge in [-0.2, -0.15) is 5.10 Å². The highest BCUT2D eigenvalue weighted by atomic mass is 16.5. The van der Waals surface area contributed by atoms with Crippen LogP contribution in [0.25, 0.3) is 0 Å².